The second-order valence-electron chi connectivity index (χ2n) is 15.6. The third-order valence-electron chi connectivity index (χ3n) is 10.5. The van der Waals surface area contributed by atoms with Crippen molar-refractivity contribution in [2.45, 2.75) is 221 Å². The van der Waals surface area contributed by atoms with Crippen LogP contribution in [0.25, 0.3) is 0 Å². The van der Waals surface area contributed by atoms with Gasteiger partial charge in [0.15, 0.2) is 0 Å². The number of aryl methyl sites for hydroxylation is 3. The van der Waals surface area contributed by atoms with E-state index in [4.69, 9.17) is 9.98 Å². The molecule has 0 radical (unpaired) electrons. The summed E-state index contributed by atoms with van der Waals surface area (Å²) in [6, 6.07) is 15.5. The van der Waals surface area contributed by atoms with Crippen molar-refractivity contribution in [3.05, 3.63) is 59.2 Å². The Balaban J connectivity index is 0.0000130. The maximum absolute atomic E-state index is 5.06. The molecule has 0 saturated carbocycles. The van der Waals surface area contributed by atoms with Gasteiger partial charge in [0.2, 0.25) is 0 Å². The molecule has 0 saturated heterocycles. The Morgan fingerprint density at radius 3 is 1.20 bits per heavy atom. The number of hydrogen-bond acceptors (Lipinski definition) is 2. The minimum atomic E-state index is 0. The molecule has 0 bridgehead atoms. The first kappa shape index (κ1) is 47.3. The topological polar surface area (TPSA) is 24.7 Å². The zero-order valence-corrected chi connectivity index (χ0v) is 35.2. The van der Waals surface area contributed by atoms with Gasteiger partial charge >= 0.3 is 0 Å². The van der Waals surface area contributed by atoms with Crippen LogP contribution in [0, 0.1) is 13.8 Å². The van der Waals surface area contributed by atoms with Gasteiger partial charge in [-0.25, -0.2) is 0 Å². The third kappa shape index (κ3) is 25.8. The van der Waals surface area contributed by atoms with Crippen molar-refractivity contribution in [2.75, 3.05) is 0 Å². The maximum Gasteiger partial charge on any atom is 0.0638 e. The molecule has 0 fully saturated rings. The van der Waals surface area contributed by atoms with E-state index in [-0.39, 0.29) is 16.5 Å². The van der Waals surface area contributed by atoms with Crippen LogP contribution < -0.4 is 0 Å². The Morgan fingerprint density at radius 2 is 0.804 bits per heavy atom. The van der Waals surface area contributed by atoms with E-state index < -0.39 is 0 Å². The van der Waals surface area contributed by atoms with Crippen molar-refractivity contribution in [3.63, 3.8) is 0 Å². The fourth-order valence-corrected chi connectivity index (χ4v) is 7.30. The van der Waals surface area contributed by atoms with Crippen molar-refractivity contribution in [3.8, 4) is 0 Å². The van der Waals surface area contributed by atoms with Gasteiger partial charge in [0.1, 0.15) is 0 Å². The van der Waals surface area contributed by atoms with Gasteiger partial charge in [-0.1, -0.05) is 193 Å². The molecule has 3 heteroatoms. The molecule has 0 aliphatic rings. The van der Waals surface area contributed by atoms with Crippen LogP contribution in [0.2, 0.25) is 0 Å². The van der Waals surface area contributed by atoms with Crippen molar-refractivity contribution in [2.24, 2.45) is 9.98 Å². The van der Waals surface area contributed by atoms with Crippen LogP contribution in [0.1, 0.15) is 217 Å². The number of aliphatic imine (C=N–C) groups is 2. The molecule has 51 heavy (non-hydrogen) atoms. The molecule has 0 heterocycles. The molecule has 2 aromatic rings. The predicted molar refractivity (Wildman–Crippen MR) is 227 cm³/mol. The Kier molecular flexibility index (Phi) is 30.5. The van der Waals surface area contributed by atoms with E-state index in [9.17, 15) is 0 Å². The third-order valence-corrected chi connectivity index (χ3v) is 10.5. The quantitative estimate of drug-likeness (QED) is 0.0405. The minimum Gasteiger partial charge on any atom is -0.252 e. The van der Waals surface area contributed by atoms with Crippen LogP contribution in [0.3, 0.4) is 0 Å². The summed E-state index contributed by atoms with van der Waals surface area (Å²) in [5.74, 6) is 0. The summed E-state index contributed by atoms with van der Waals surface area (Å²) in [6.07, 6.45) is 40.6. The van der Waals surface area contributed by atoms with Crippen molar-refractivity contribution in [1.82, 2.24) is 0 Å². The molecule has 0 aromatic heterocycles. The van der Waals surface area contributed by atoms with Crippen LogP contribution in [0.4, 0.5) is 11.4 Å². The Hall–Kier alpha value is -1.73. The summed E-state index contributed by atoms with van der Waals surface area (Å²) in [4.78, 5) is 10.0. The largest absolute Gasteiger partial charge is 0.252 e. The summed E-state index contributed by atoms with van der Waals surface area (Å²) >= 11 is 0. The van der Waals surface area contributed by atoms with Crippen LogP contribution in [0.5, 0.6) is 0 Å². The van der Waals surface area contributed by atoms with E-state index >= 15 is 0 Å². The van der Waals surface area contributed by atoms with E-state index in [0.29, 0.717) is 0 Å². The van der Waals surface area contributed by atoms with Gasteiger partial charge in [-0.3, -0.25) is 9.98 Å². The van der Waals surface area contributed by atoms with Crippen molar-refractivity contribution in [1.29, 1.82) is 0 Å². The molecule has 2 rings (SSSR count). The first-order valence-corrected chi connectivity index (χ1v) is 21.8. The molecule has 0 aliphatic carbocycles. The molecule has 0 unspecified atom stereocenters. The summed E-state index contributed by atoms with van der Waals surface area (Å²) in [5, 5.41) is 0. The average Bonchev–Trinajstić information content (AvgIpc) is 3.10. The number of hydrogen-bond donors (Lipinski definition) is 0. The van der Waals surface area contributed by atoms with Crippen LogP contribution >= 0.6 is 0 Å². The van der Waals surface area contributed by atoms with E-state index in [0.717, 1.165) is 42.1 Å². The molecule has 292 valence electrons. The summed E-state index contributed by atoms with van der Waals surface area (Å²) in [5.41, 5.74) is 8.16. The zero-order chi connectivity index (χ0) is 35.9. The smallest absolute Gasteiger partial charge is 0.0638 e. The fraction of sp³-hybridized carbons (Fsp3) is 0.708. The second kappa shape index (κ2) is 32.9. The Labute approximate surface area is 327 Å². The minimum absolute atomic E-state index is 0. The predicted octanol–water partition coefficient (Wildman–Crippen LogP) is 16.7. The standard InChI is InChI=1S/C48H80N2.Ni/c1-6-8-10-11-12-13-14-15-16-17-18-19-20-21-22-23-24-25-26-27-28-29-30-31-32-33-45-35-37-46(38-36-45)50-48(34-9-7-2)44(5)49-47-40-42(3)39-43(4)41-47;/h35-41H,6-34H2,1-5H3;. The second-order valence-corrected chi connectivity index (χ2v) is 15.6. The SMILES string of the molecule is CCCCCCCCCCCCCCCCCCCCCCCCCCCc1ccc(N=C(CCCC)C(C)=Nc2cc(C)cc(C)c2)cc1.[Ni]. The van der Waals surface area contributed by atoms with E-state index in [2.05, 4.69) is 77.1 Å². The summed E-state index contributed by atoms with van der Waals surface area (Å²) < 4.78 is 0. The van der Waals surface area contributed by atoms with Crippen molar-refractivity contribution >= 4 is 22.8 Å². The molecule has 0 spiro atoms. The molecule has 2 nitrogen and oxygen atoms in total. The zero-order valence-electron chi connectivity index (χ0n) is 34.3. The van der Waals surface area contributed by atoms with Crippen LogP contribution in [-0.2, 0) is 22.9 Å². The monoisotopic (exact) mass is 743 g/mol. The average molecular weight is 744 g/mol. The van der Waals surface area contributed by atoms with Gasteiger partial charge in [0.25, 0.3) is 0 Å². The first-order chi connectivity index (χ1) is 24.5. The first-order valence-electron chi connectivity index (χ1n) is 21.8. The van der Waals surface area contributed by atoms with Crippen molar-refractivity contribution < 1.29 is 16.5 Å². The van der Waals surface area contributed by atoms with Gasteiger partial charge < -0.3 is 0 Å². The molecule has 2 aromatic carbocycles. The number of rotatable bonds is 32. The van der Waals surface area contributed by atoms with Gasteiger partial charge in [0, 0.05) is 16.5 Å². The Morgan fingerprint density at radius 1 is 0.431 bits per heavy atom. The van der Waals surface area contributed by atoms with E-state index in [1.54, 1.807) is 0 Å². The van der Waals surface area contributed by atoms with Gasteiger partial charge in [-0.15, -0.1) is 0 Å². The number of nitrogens with zero attached hydrogens (tertiary/aromatic N) is 2. The van der Waals surface area contributed by atoms with Gasteiger partial charge in [-0.05, 0) is 87.4 Å². The molecule has 0 amide bonds. The van der Waals surface area contributed by atoms with E-state index in [1.165, 1.54) is 184 Å². The summed E-state index contributed by atoms with van der Waals surface area (Å²) in [6.45, 7) is 10.9. The molecule has 0 N–H and O–H groups in total. The number of benzene rings is 2. The van der Waals surface area contributed by atoms with Crippen LogP contribution in [0.15, 0.2) is 52.4 Å². The van der Waals surface area contributed by atoms with Crippen LogP contribution in [-0.4, -0.2) is 11.4 Å². The molecule has 0 aliphatic heterocycles. The van der Waals surface area contributed by atoms with E-state index in [1.807, 2.05) is 0 Å². The van der Waals surface area contributed by atoms with Gasteiger partial charge in [-0.2, -0.15) is 0 Å². The normalized spacial score (nSPS) is 12.0. The summed E-state index contributed by atoms with van der Waals surface area (Å²) in [7, 11) is 0. The molecular formula is C48H80N2Ni. The maximum atomic E-state index is 5.06. The molecular weight excluding hydrogens is 663 g/mol. The Bertz CT molecular complexity index is 1130. The van der Waals surface area contributed by atoms with Gasteiger partial charge in [0.05, 0.1) is 22.8 Å². The number of unbranched alkanes of at least 4 members (excludes halogenated alkanes) is 25. The molecule has 0 atom stereocenters. The fourth-order valence-electron chi connectivity index (χ4n) is 7.30.